The van der Waals surface area contributed by atoms with Gasteiger partial charge in [-0.3, -0.25) is 14.5 Å². The quantitative estimate of drug-likeness (QED) is 0.784. The first kappa shape index (κ1) is 23.3. The average molecular weight is 410 g/mol. The number of benzene rings is 1. The van der Waals surface area contributed by atoms with Crippen molar-refractivity contribution in [1.82, 2.24) is 15.1 Å². The molecule has 1 aliphatic rings. The van der Waals surface area contributed by atoms with Crippen LogP contribution in [0.2, 0.25) is 0 Å². The van der Waals surface area contributed by atoms with Gasteiger partial charge in [0.25, 0.3) is 5.91 Å². The predicted molar refractivity (Wildman–Crippen MR) is 110 cm³/mol. The Balaban J connectivity index is 1.99. The van der Waals surface area contributed by atoms with Crippen molar-refractivity contribution in [1.29, 1.82) is 0 Å². The Morgan fingerprint density at radius 2 is 1.62 bits per heavy atom. The fraction of sp³-hybridized carbons (Fsp3) is 0.636. The van der Waals surface area contributed by atoms with Crippen molar-refractivity contribution in [2.75, 3.05) is 32.7 Å². The van der Waals surface area contributed by atoms with E-state index in [0.717, 1.165) is 38.2 Å². The third-order valence-electron chi connectivity index (χ3n) is 5.27. The van der Waals surface area contributed by atoms with Gasteiger partial charge in [-0.1, -0.05) is 40.7 Å². The van der Waals surface area contributed by atoms with Gasteiger partial charge in [0.05, 0.1) is 0 Å². The van der Waals surface area contributed by atoms with Gasteiger partial charge in [-0.2, -0.15) is 0 Å². The Morgan fingerprint density at radius 1 is 1.07 bits per heavy atom. The summed E-state index contributed by atoms with van der Waals surface area (Å²) in [6.45, 7) is 13.9. The third-order valence-corrected chi connectivity index (χ3v) is 5.27. The number of nitrogens with one attached hydrogen (secondary N) is 1. The summed E-state index contributed by atoms with van der Waals surface area (Å²) in [6, 6.07) is 2.43. The van der Waals surface area contributed by atoms with E-state index >= 15 is 0 Å². The summed E-state index contributed by atoms with van der Waals surface area (Å²) < 4.78 is 27.8. The summed E-state index contributed by atoms with van der Waals surface area (Å²) in [5.41, 5.74) is -0.389. The molecule has 1 heterocycles. The topological polar surface area (TPSA) is 52.7 Å². The fourth-order valence-electron chi connectivity index (χ4n) is 3.32. The minimum atomic E-state index is -0.940. The Kier molecular flexibility index (Phi) is 7.74. The molecule has 1 aromatic carbocycles. The van der Waals surface area contributed by atoms with Gasteiger partial charge in [0.1, 0.15) is 23.2 Å². The van der Waals surface area contributed by atoms with Crippen LogP contribution in [0, 0.1) is 23.0 Å². The van der Waals surface area contributed by atoms with Crippen LogP contribution in [0.15, 0.2) is 18.2 Å². The van der Waals surface area contributed by atoms with Crippen molar-refractivity contribution in [3.63, 3.8) is 0 Å². The van der Waals surface area contributed by atoms with Crippen LogP contribution in [0.25, 0.3) is 0 Å². The molecule has 162 valence electrons. The summed E-state index contributed by atoms with van der Waals surface area (Å²) in [6.07, 6.45) is 1.08. The molecule has 29 heavy (non-hydrogen) atoms. The van der Waals surface area contributed by atoms with Gasteiger partial charge in [0, 0.05) is 26.2 Å². The zero-order chi connectivity index (χ0) is 21.8. The number of halogens is 2. The molecule has 1 saturated heterocycles. The number of amides is 2. The molecule has 5 nitrogen and oxygen atoms in total. The molecule has 1 aromatic rings. The van der Waals surface area contributed by atoms with Crippen molar-refractivity contribution in [2.24, 2.45) is 11.3 Å². The lowest BCUT2D eigenvalue weighted by Gasteiger charge is -2.38. The first-order valence-corrected chi connectivity index (χ1v) is 10.3. The maximum absolute atomic E-state index is 13.9. The van der Waals surface area contributed by atoms with E-state index in [1.165, 1.54) is 6.07 Å². The highest BCUT2D eigenvalue weighted by atomic mass is 19.1. The zero-order valence-electron chi connectivity index (χ0n) is 18.1. The molecule has 1 unspecified atom stereocenters. The predicted octanol–water partition coefficient (Wildman–Crippen LogP) is 3.30. The normalized spacial score (nSPS) is 16.8. The summed E-state index contributed by atoms with van der Waals surface area (Å²) in [4.78, 5) is 29.5. The van der Waals surface area contributed by atoms with E-state index in [1.54, 1.807) is 18.7 Å². The number of carbonyl (C=O) groups excluding carboxylic acids is 2. The Hall–Kier alpha value is -2.02. The molecule has 1 aliphatic heterocycles. The van der Waals surface area contributed by atoms with Gasteiger partial charge < -0.3 is 10.2 Å². The van der Waals surface area contributed by atoms with Crippen molar-refractivity contribution < 1.29 is 18.4 Å². The summed E-state index contributed by atoms with van der Waals surface area (Å²) in [5.74, 6) is -3.20. The molecule has 1 N–H and O–H groups in total. The van der Waals surface area contributed by atoms with Crippen molar-refractivity contribution in [3.8, 4) is 0 Å². The van der Waals surface area contributed by atoms with Crippen LogP contribution in [0.4, 0.5) is 8.78 Å². The number of rotatable bonds is 6. The molecule has 7 heteroatoms. The van der Waals surface area contributed by atoms with Gasteiger partial charge in [-0.25, -0.2) is 8.78 Å². The van der Waals surface area contributed by atoms with E-state index in [-0.39, 0.29) is 17.2 Å². The second kappa shape index (κ2) is 9.65. The Labute approximate surface area is 172 Å². The summed E-state index contributed by atoms with van der Waals surface area (Å²) in [7, 11) is 0. The largest absolute Gasteiger partial charge is 0.340 e. The number of hydrogen-bond donors (Lipinski definition) is 1. The Bertz CT molecular complexity index is 703. The molecule has 0 bridgehead atoms. The first-order valence-electron chi connectivity index (χ1n) is 10.3. The van der Waals surface area contributed by atoms with Crippen LogP contribution in [0.5, 0.6) is 0 Å². The van der Waals surface area contributed by atoms with Gasteiger partial charge in [-0.15, -0.1) is 0 Å². The fourth-order valence-corrected chi connectivity index (χ4v) is 3.32. The van der Waals surface area contributed by atoms with Gasteiger partial charge in [0.2, 0.25) is 5.91 Å². The standard InChI is InChI=1S/C22H33F2N3O2/c1-15(2)19(25-20(28)18-16(23)7-6-8-17(18)24)21(29)27-13-11-26(12-14-27)10-9-22(3,4)5/h6-8,15,19H,9-14H2,1-5H3,(H,25,28). The SMILES string of the molecule is CC(C)C(NC(=O)c1c(F)cccc1F)C(=O)N1CCN(CCC(C)(C)C)CC1. The number of hydrogen-bond acceptors (Lipinski definition) is 3. The van der Waals surface area contributed by atoms with E-state index in [2.05, 4.69) is 31.0 Å². The zero-order valence-corrected chi connectivity index (χ0v) is 18.1. The molecule has 2 rings (SSSR count). The molecule has 0 spiro atoms. The van der Waals surface area contributed by atoms with Crippen LogP contribution >= 0.6 is 0 Å². The van der Waals surface area contributed by atoms with E-state index in [1.807, 2.05) is 0 Å². The van der Waals surface area contributed by atoms with Crippen molar-refractivity contribution in [2.45, 2.75) is 47.1 Å². The molecule has 0 saturated carbocycles. The van der Waals surface area contributed by atoms with E-state index in [4.69, 9.17) is 0 Å². The molecule has 2 amide bonds. The molecule has 1 fully saturated rings. The molecule has 1 atom stereocenters. The van der Waals surface area contributed by atoms with Crippen molar-refractivity contribution in [3.05, 3.63) is 35.4 Å². The minimum absolute atomic E-state index is 0.208. The van der Waals surface area contributed by atoms with Gasteiger partial charge in [0.15, 0.2) is 0 Å². The highest BCUT2D eigenvalue weighted by Crippen LogP contribution is 2.20. The van der Waals surface area contributed by atoms with Gasteiger partial charge >= 0.3 is 0 Å². The monoisotopic (exact) mass is 409 g/mol. The lowest BCUT2D eigenvalue weighted by Crippen LogP contribution is -2.56. The molecule has 0 radical (unpaired) electrons. The minimum Gasteiger partial charge on any atom is -0.340 e. The second-order valence-electron chi connectivity index (χ2n) is 9.27. The Morgan fingerprint density at radius 3 is 2.10 bits per heavy atom. The van der Waals surface area contributed by atoms with Crippen LogP contribution in [-0.4, -0.2) is 60.4 Å². The van der Waals surface area contributed by atoms with Crippen LogP contribution in [-0.2, 0) is 4.79 Å². The third kappa shape index (κ3) is 6.49. The summed E-state index contributed by atoms with van der Waals surface area (Å²) >= 11 is 0. The van der Waals surface area contributed by atoms with E-state index in [9.17, 15) is 18.4 Å². The maximum Gasteiger partial charge on any atom is 0.257 e. The number of nitrogens with zero attached hydrogens (tertiary/aromatic N) is 2. The van der Waals surface area contributed by atoms with Gasteiger partial charge in [-0.05, 0) is 36.4 Å². The van der Waals surface area contributed by atoms with Crippen molar-refractivity contribution >= 4 is 11.8 Å². The lowest BCUT2D eigenvalue weighted by atomic mass is 9.92. The maximum atomic E-state index is 13.9. The highest BCUT2D eigenvalue weighted by molar-refractivity contribution is 5.98. The van der Waals surface area contributed by atoms with E-state index < -0.39 is 29.1 Å². The second-order valence-corrected chi connectivity index (χ2v) is 9.27. The van der Waals surface area contributed by atoms with Crippen LogP contribution < -0.4 is 5.32 Å². The van der Waals surface area contributed by atoms with E-state index in [0.29, 0.717) is 13.1 Å². The number of carbonyl (C=O) groups is 2. The molecular formula is C22H33F2N3O2. The molecular weight excluding hydrogens is 376 g/mol. The smallest absolute Gasteiger partial charge is 0.257 e. The van der Waals surface area contributed by atoms with Crippen LogP contribution in [0.1, 0.15) is 51.4 Å². The molecule has 0 aliphatic carbocycles. The molecule has 0 aromatic heterocycles. The highest BCUT2D eigenvalue weighted by Gasteiger charge is 2.32. The lowest BCUT2D eigenvalue weighted by molar-refractivity contribution is -0.136. The summed E-state index contributed by atoms with van der Waals surface area (Å²) in [5, 5.41) is 2.54. The first-order chi connectivity index (χ1) is 13.5. The van der Waals surface area contributed by atoms with Crippen LogP contribution in [0.3, 0.4) is 0 Å². The average Bonchev–Trinajstić information content (AvgIpc) is 2.63. The number of piperazine rings is 1.